The van der Waals surface area contributed by atoms with Crippen LogP contribution in [0.3, 0.4) is 0 Å². The second-order valence-corrected chi connectivity index (χ2v) is 9.12. The number of para-hydroxylation sites is 4. The van der Waals surface area contributed by atoms with E-state index in [9.17, 15) is 0 Å². The van der Waals surface area contributed by atoms with Crippen molar-refractivity contribution in [2.45, 2.75) is 0 Å². The molecule has 36 heavy (non-hydrogen) atoms. The topological polar surface area (TPSA) is 13.0 Å². The number of fused-ring (bicyclic) bond motifs is 4. The number of hydrogen-bond acceptors (Lipinski definition) is 4. The molecule has 0 radical (unpaired) electrons. The van der Waals surface area contributed by atoms with Crippen molar-refractivity contribution >= 4 is 45.5 Å². The zero-order valence-corrected chi connectivity index (χ0v) is 20.9. The van der Waals surface area contributed by atoms with Crippen LogP contribution in [-0.4, -0.2) is 28.2 Å². The van der Waals surface area contributed by atoms with E-state index >= 15 is 0 Å². The van der Waals surface area contributed by atoms with Gasteiger partial charge in [0.2, 0.25) is 0 Å². The molecule has 2 aliphatic rings. The molecule has 0 atom stereocenters. The van der Waals surface area contributed by atoms with E-state index in [0.29, 0.717) is 0 Å². The van der Waals surface area contributed by atoms with Crippen molar-refractivity contribution in [1.29, 1.82) is 0 Å². The number of benzene rings is 4. The van der Waals surface area contributed by atoms with E-state index in [0.717, 1.165) is 33.9 Å². The second-order valence-electron chi connectivity index (χ2n) is 9.12. The quantitative estimate of drug-likeness (QED) is 0.265. The van der Waals surface area contributed by atoms with Crippen molar-refractivity contribution in [1.82, 2.24) is 0 Å². The lowest BCUT2D eigenvalue weighted by molar-refractivity contribution is 1.09. The molecule has 0 unspecified atom stereocenters. The number of rotatable bonds is 0. The van der Waals surface area contributed by atoms with Crippen LogP contribution >= 0.6 is 0 Å². The van der Waals surface area contributed by atoms with Crippen LogP contribution in [0.2, 0.25) is 0 Å². The molecule has 0 saturated carbocycles. The van der Waals surface area contributed by atoms with Crippen LogP contribution in [0.25, 0.3) is 0 Å². The molecule has 0 saturated heterocycles. The minimum Gasteiger partial charge on any atom is -0.341 e. The SMILES string of the molecule is CN1c2ccccc2N(C)c2cc(C#CC#Cc3ccc4c(c3)N(C)c3ccccc3N4C)ccc21. The molecule has 0 spiro atoms. The smallest absolute Gasteiger partial charge is 0.0662 e. The van der Waals surface area contributed by atoms with Crippen molar-refractivity contribution in [2.75, 3.05) is 47.8 Å². The summed E-state index contributed by atoms with van der Waals surface area (Å²) in [5.74, 6) is 12.6. The van der Waals surface area contributed by atoms with Gasteiger partial charge in [-0.2, -0.15) is 0 Å². The van der Waals surface area contributed by atoms with Crippen LogP contribution in [-0.2, 0) is 0 Å². The molecular weight excluding hydrogens is 440 g/mol. The van der Waals surface area contributed by atoms with E-state index in [1.807, 2.05) is 0 Å². The van der Waals surface area contributed by atoms with Gasteiger partial charge in [-0.3, -0.25) is 0 Å². The summed E-state index contributed by atoms with van der Waals surface area (Å²) in [5, 5.41) is 0. The van der Waals surface area contributed by atoms with Gasteiger partial charge in [0.25, 0.3) is 0 Å². The first kappa shape index (κ1) is 21.7. The van der Waals surface area contributed by atoms with Crippen molar-refractivity contribution in [3.05, 3.63) is 96.1 Å². The molecule has 4 aromatic rings. The average Bonchev–Trinajstić information content (AvgIpc) is 2.92. The third kappa shape index (κ3) is 3.44. The molecule has 0 fully saturated rings. The van der Waals surface area contributed by atoms with E-state index in [4.69, 9.17) is 0 Å². The summed E-state index contributed by atoms with van der Waals surface area (Å²) in [6.07, 6.45) is 0. The van der Waals surface area contributed by atoms with Gasteiger partial charge in [-0.1, -0.05) is 36.1 Å². The highest BCUT2D eigenvalue weighted by molar-refractivity contribution is 5.94. The van der Waals surface area contributed by atoms with Crippen LogP contribution in [0.15, 0.2) is 84.9 Å². The van der Waals surface area contributed by atoms with Crippen LogP contribution in [0, 0.1) is 23.7 Å². The zero-order chi connectivity index (χ0) is 24.8. The standard InChI is InChI=1S/C32H26N4/c1-33-25-13-7-9-15-27(25)35(3)31-21-23(17-19-29(31)33)11-5-6-12-24-18-20-30-32(22-24)36(4)28-16-10-8-14-26(28)34(30)2/h7-10,13-22H,1-4H3. The molecule has 0 N–H and O–H groups in total. The third-order valence-corrected chi connectivity index (χ3v) is 7.08. The number of anilines is 8. The number of nitrogens with zero attached hydrogens (tertiary/aromatic N) is 4. The van der Waals surface area contributed by atoms with Gasteiger partial charge in [0.05, 0.1) is 45.5 Å². The molecule has 4 nitrogen and oxygen atoms in total. The Balaban J connectivity index is 1.26. The largest absolute Gasteiger partial charge is 0.341 e. The van der Waals surface area contributed by atoms with Gasteiger partial charge in [0.1, 0.15) is 0 Å². The van der Waals surface area contributed by atoms with Crippen LogP contribution in [0.4, 0.5) is 45.5 Å². The zero-order valence-electron chi connectivity index (χ0n) is 20.9. The highest BCUT2D eigenvalue weighted by Crippen LogP contribution is 2.47. The summed E-state index contributed by atoms with van der Waals surface area (Å²) in [7, 11) is 8.41. The molecule has 2 aliphatic heterocycles. The Bertz CT molecular complexity index is 1510. The van der Waals surface area contributed by atoms with Gasteiger partial charge in [0.15, 0.2) is 0 Å². The maximum absolute atomic E-state index is 3.23. The minimum atomic E-state index is 0.950. The molecule has 4 heteroatoms. The Labute approximate surface area is 213 Å². The molecule has 174 valence electrons. The Morgan fingerprint density at radius 1 is 0.389 bits per heavy atom. The van der Waals surface area contributed by atoms with E-state index in [-0.39, 0.29) is 0 Å². The maximum Gasteiger partial charge on any atom is 0.0662 e. The normalized spacial score (nSPS) is 12.9. The van der Waals surface area contributed by atoms with Crippen molar-refractivity contribution in [2.24, 2.45) is 0 Å². The summed E-state index contributed by atoms with van der Waals surface area (Å²) < 4.78 is 0. The Kier molecular flexibility index (Phi) is 5.10. The van der Waals surface area contributed by atoms with Gasteiger partial charge < -0.3 is 19.6 Å². The summed E-state index contributed by atoms with van der Waals surface area (Å²) in [4.78, 5) is 8.90. The summed E-state index contributed by atoms with van der Waals surface area (Å²) in [6.45, 7) is 0. The average molecular weight is 467 g/mol. The monoisotopic (exact) mass is 466 g/mol. The van der Waals surface area contributed by atoms with E-state index in [1.54, 1.807) is 0 Å². The lowest BCUT2D eigenvalue weighted by Crippen LogP contribution is -2.24. The molecule has 0 amide bonds. The van der Waals surface area contributed by atoms with Gasteiger partial charge in [-0.25, -0.2) is 0 Å². The minimum absolute atomic E-state index is 0.950. The molecule has 6 rings (SSSR count). The predicted octanol–water partition coefficient (Wildman–Crippen LogP) is 6.79. The van der Waals surface area contributed by atoms with Crippen LogP contribution < -0.4 is 19.6 Å². The van der Waals surface area contributed by atoms with E-state index in [1.165, 1.54) is 22.7 Å². The first-order valence-electron chi connectivity index (χ1n) is 12.0. The van der Waals surface area contributed by atoms with Gasteiger partial charge in [0, 0.05) is 39.3 Å². The first-order valence-corrected chi connectivity index (χ1v) is 12.0. The van der Waals surface area contributed by atoms with Crippen molar-refractivity contribution < 1.29 is 0 Å². The van der Waals surface area contributed by atoms with Crippen molar-refractivity contribution in [3.8, 4) is 23.7 Å². The Morgan fingerprint density at radius 3 is 1.06 bits per heavy atom. The lowest BCUT2D eigenvalue weighted by atomic mass is 10.1. The predicted molar refractivity (Wildman–Crippen MR) is 152 cm³/mol. The summed E-state index contributed by atoms with van der Waals surface area (Å²) in [6, 6.07) is 29.5. The molecule has 0 bridgehead atoms. The molecule has 2 heterocycles. The molecular formula is C32H26N4. The fourth-order valence-corrected chi connectivity index (χ4v) is 5.10. The van der Waals surface area contributed by atoms with Crippen LogP contribution in [0.1, 0.15) is 11.1 Å². The number of hydrogen-bond donors (Lipinski definition) is 0. The molecule has 0 aromatic heterocycles. The lowest BCUT2D eigenvalue weighted by Gasteiger charge is -2.36. The summed E-state index contributed by atoms with van der Waals surface area (Å²) in [5.41, 5.74) is 11.3. The van der Waals surface area contributed by atoms with Gasteiger partial charge >= 0.3 is 0 Å². The first-order chi connectivity index (χ1) is 17.5. The fourth-order valence-electron chi connectivity index (χ4n) is 5.10. The Morgan fingerprint density at radius 2 is 0.694 bits per heavy atom. The van der Waals surface area contributed by atoms with Gasteiger partial charge in [-0.05, 0) is 72.5 Å². The van der Waals surface area contributed by atoms with Crippen LogP contribution in [0.5, 0.6) is 0 Å². The van der Waals surface area contributed by atoms with Gasteiger partial charge in [-0.15, -0.1) is 0 Å². The highest BCUT2D eigenvalue weighted by Gasteiger charge is 2.24. The second kappa shape index (κ2) is 8.45. The van der Waals surface area contributed by atoms with E-state index in [2.05, 4.69) is 156 Å². The summed E-state index contributed by atoms with van der Waals surface area (Å²) >= 11 is 0. The molecule has 4 aromatic carbocycles. The highest BCUT2D eigenvalue weighted by atomic mass is 15.2. The van der Waals surface area contributed by atoms with E-state index < -0.39 is 0 Å². The van der Waals surface area contributed by atoms with Crippen molar-refractivity contribution in [3.63, 3.8) is 0 Å². The fraction of sp³-hybridized carbons (Fsp3) is 0.125. The molecule has 0 aliphatic carbocycles. The Hall–Kier alpha value is -4.80. The third-order valence-electron chi connectivity index (χ3n) is 7.08. The maximum atomic E-state index is 3.23.